The average Bonchev–Trinajstić information content (AvgIpc) is 1.39. The fourth-order valence-corrected chi connectivity index (χ4v) is 0. The Bertz CT molecular complexity index is 64.7. The summed E-state index contributed by atoms with van der Waals surface area (Å²) in [5, 5.41) is 14.2. The predicted molar refractivity (Wildman–Crippen MR) is 26.7 cm³/mol. The summed E-state index contributed by atoms with van der Waals surface area (Å²) in [6.45, 7) is 0. The molecule has 5 heteroatoms. The molecule has 0 aliphatic carbocycles. The van der Waals surface area contributed by atoms with Crippen molar-refractivity contribution in [3.63, 3.8) is 0 Å². The molecule has 0 aromatic rings. The van der Waals surface area contributed by atoms with Crippen LogP contribution in [0, 0.1) is 22.9 Å². The monoisotopic (exact) mass is 92.1 g/mol. The van der Waals surface area contributed by atoms with Crippen LogP contribution in [0.15, 0.2) is 0 Å². The Hall–Kier alpha value is -0.823. The molecule has 0 aromatic carbocycles. The number of nitrogens with two attached hydrogens (primary N) is 2. The Morgan fingerprint density at radius 1 is 1.00 bits per heavy atom. The van der Waals surface area contributed by atoms with E-state index in [1.165, 1.54) is 12.4 Å². The van der Waals surface area contributed by atoms with Gasteiger partial charge in [-0.1, -0.05) is 0 Å². The van der Waals surface area contributed by atoms with E-state index in [0.717, 1.165) is 0 Å². The molecule has 0 aromatic heterocycles. The van der Waals surface area contributed by atoms with E-state index in [1.807, 2.05) is 0 Å². The molecule has 0 saturated carbocycles. The van der Waals surface area contributed by atoms with Gasteiger partial charge in [-0.25, -0.2) is 0 Å². The van der Waals surface area contributed by atoms with Crippen LogP contribution in [0.5, 0.6) is 0 Å². The van der Waals surface area contributed by atoms with Gasteiger partial charge in [-0.2, -0.15) is 10.5 Å². The zero-order valence-electron chi connectivity index (χ0n) is 3.05. The zero-order chi connectivity index (χ0) is 5.41. The molecule has 7 heavy (non-hydrogen) atoms. The third kappa shape index (κ3) is 77.2. The van der Waals surface area contributed by atoms with E-state index in [4.69, 9.17) is 10.5 Å². The molecule has 0 aliphatic heterocycles. The maximum atomic E-state index is 7.10. The Labute approximate surface area is 53.9 Å². The van der Waals surface area contributed by atoms with Crippen LogP contribution in [0.25, 0.3) is 0 Å². The number of rotatable bonds is 0. The average molecular weight is 92.0 g/mol. The van der Waals surface area contributed by atoms with Crippen LogP contribution >= 0.6 is 0 Å². The van der Waals surface area contributed by atoms with E-state index in [-0.39, 0.29) is 18.9 Å². The SMILES string of the molecule is N#CN.N#CN.[LiH]. The Morgan fingerprint density at radius 3 is 1.00 bits per heavy atom. The fraction of sp³-hybridized carbons (Fsp3) is 0. The van der Waals surface area contributed by atoms with Crippen molar-refractivity contribution >= 4 is 18.9 Å². The summed E-state index contributed by atoms with van der Waals surface area (Å²) in [6, 6.07) is 0. The molecule has 0 radical (unpaired) electrons. The number of hydrogen-bond donors (Lipinski definition) is 2. The first kappa shape index (κ1) is 16.4. The number of nitrogens with zero attached hydrogens (tertiary/aromatic N) is 2. The summed E-state index contributed by atoms with van der Waals surface area (Å²) in [6.07, 6.45) is 2.50. The molecule has 0 heterocycles. The van der Waals surface area contributed by atoms with Gasteiger partial charge in [-0.3, -0.25) is 0 Å². The quantitative estimate of drug-likeness (QED) is 0.209. The summed E-state index contributed by atoms with van der Waals surface area (Å²) in [7, 11) is 0. The topological polar surface area (TPSA) is 99.6 Å². The first-order valence-corrected chi connectivity index (χ1v) is 1.02. The summed E-state index contributed by atoms with van der Waals surface area (Å²) >= 11 is 0. The van der Waals surface area contributed by atoms with Crippen molar-refractivity contribution in [2.75, 3.05) is 0 Å². The van der Waals surface area contributed by atoms with Crippen LogP contribution in [0.4, 0.5) is 0 Å². The van der Waals surface area contributed by atoms with Crippen molar-refractivity contribution in [1.29, 1.82) is 10.5 Å². The minimum absolute atomic E-state index is 0. The molecule has 0 amide bonds. The van der Waals surface area contributed by atoms with Crippen molar-refractivity contribution in [3.05, 3.63) is 0 Å². The van der Waals surface area contributed by atoms with Crippen molar-refractivity contribution in [3.8, 4) is 12.4 Å². The normalized spacial score (nSPS) is 2.00. The van der Waals surface area contributed by atoms with Crippen molar-refractivity contribution in [2.24, 2.45) is 11.5 Å². The van der Waals surface area contributed by atoms with Crippen molar-refractivity contribution < 1.29 is 0 Å². The number of hydrogen-bond acceptors (Lipinski definition) is 4. The summed E-state index contributed by atoms with van der Waals surface area (Å²) in [4.78, 5) is 0. The Balaban J connectivity index is -0.0000000400. The van der Waals surface area contributed by atoms with Crippen LogP contribution in [0.3, 0.4) is 0 Å². The van der Waals surface area contributed by atoms with E-state index in [2.05, 4.69) is 11.5 Å². The first-order valence-electron chi connectivity index (χ1n) is 1.02. The van der Waals surface area contributed by atoms with Gasteiger partial charge in [-0.15, -0.1) is 0 Å². The van der Waals surface area contributed by atoms with E-state index in [0.29, 0.717) is 0 Å². The number of nitriles is 2. The van der Waals surface area contributed by atoms with E-state index < -0.39 is 0 Å². The van der Waals surface area contributed by atoms with Gasteiger partial charge >= 0.3 is 18.9 Å². The van der Waals surface area contributed by atoms with Gasteiger partial charge in [-0.05, 0) is 0 Å². The Kier molecular flexibility index (Phi) is 153. The second-order valence-electron chi connectivity index (χ2n) is 0.258. The summed E-state index contributed by atoms with van der Waals surface area (Å²) in [5.41, 5.74) is 8.31. The molecule has 0 saturated heterocycles. The van der Waals surface area contributed by atoms with Crippen LogP contribution in [0.2, 0.25) is 0 Å². The second-order valence-corrected chi connectivity index (χ2v) is 0.258. The predicted octanol–water partition coefficient (Wildman–Crippen LogP) is -1.80. The Morgan fingerprint density at radius 2 is 1.00 bits per heavy atom. The second kappa shape index (κ2) is 65.2. The molecule has 0 atom stereocenters. The summed E-state index contributed by atoms with van der Waals surface area (Å²) in [5.74, 6) is 0. The molecule has 34 valence electrons. The molecule has 0 rings (SSSR count). The molecule has 0 fully saturated rings. The maximum absolute atomic E-state index is 7.10. The van der Waals surface area contributed by atoms with Crippen LogP contribution in [-0.4, -0.2) is 18.9 Å². The third-order valence-corrected chi connectivity index (χ3v) is 0. The van der Waals surface area contributed by atoms with E-state index >= 15 is 0 Å². The molecular formula is C2H5LiN4. The molecular weight excluding hydrogens is 87.0 g/mol. The van der Waals surface area contributed by atoms with Gasteiger partial charge in [0.05, 0.1) is 0 Å². The molecule has 0 spiro atoms. The van der Waals surface area contributed by atoms with Gasteiger partial charge < -0.3 is 11.5 Å². The van der Waals surface area contributed by atoms with Gasteiger partial charge in [0, 0.05) is 0 Å². The van der Waals surface area contributed by atoms with Gasteiger partial charge in [0.15, 0.2) is 12.4 Å². The molecule has 0 bridgehead atoms. The molecule has 4 nitrogen and oxygen atoms in total. The summed E-state index contributed by atoms with van der Waals surface area (Å²) < 4.78 is 0. The third-order valence-electron chi connectivity index (χ3n) is 0. The van der Waals surface area contributed by atoms with Crippen molar-refractivity contribution in [2.45, 2.75) is 0 Å². The first-order chi connectivity index (χ1) is 2.83. The zero-order valence-corrected chi connectivity index (χ0v) is 3.05. The van der Waals surface area contributed by atoms with Gasteiger partial charge in [0.25, 0.3) is 0 Å². The fourth-order valence-electron chi connectivity index (χ4n) is 0. The van der Waals surface area contributed by atoms with Crippen LogP contribution in [-0.2, 0) is 0 Å². The molecule has 0 aliphatic rings. The van der Waals surface area contributed by atoms with Crippen LogP contribution in [0.1, 0.15) is 0 Å². The minimum atomic E-state index is 0. The van der Waals surface area contributed by atoms with E-state index in [1.54, 1.807) is 0 Å². The van der Waals surface area contributed by atoms with Crippen molar-refractivity contribution in [1.82, 2.24) is 0 Å². The molecule has 4 N–H and O–H groups in total. The molecule has 0 unspecified atom stereocenters. The van der Waals surface area contributed by atoms with Crippen LogP contribution < -0.4 is 11.5 Å². The standard InChI is InChI=1S/2CH2N2.Li.H/c2*2-1-3;;/h2*2H2;;. The van der Waals surface area contributed by atoms with Gasteiger partial charge in [0.1, 0.15) is 0 Å². The van der Waals surface area contributed by atoms with E-state index in [9.17, 15) is 0 Å². The van der Waals surface area contributed by atoms with Gasteiger partial charge in [0.2, 0.25) is 0 Å².